The monoisotopic (exact) mass is 347 g/mol. The lowest BCUT2D eigenvalue weighted by molar-refractivity contribution is 0.293. The lowest BCUT2D eigenvalue weighted by Crippen LogP contribution is -2.21. The number of benzene rings is 1. The molecule has 112 valence electrons. The summed E-state index contributed by atoms with van der Waals surface area (Å²) in [6.45, 7) is 3.36. The van der Waals surface area contributed by atoms with Crippen molar-refractivity contribution in [2.75, 3.05) is 17.6 Å². The van der Waals surface area contributed by atoms with E-state index in [1.807, 2.05) is 12.1 Å². The SMILES string of the molecule is CC1CCCC(CNc2c(N)cnc3ccc(Br)cc23)C1. The highest BCUT2D eigenvalue weighted by atomic mass is 79.9. The van der Waals surface area contributed by atoms with Crippen molar-refractivity contribution in [2.45, 2.75) is 32.6 Å². The Morgan fingerprint density at radius 1 is 1.38 bits per heavy atom. The van der Waals surface area contributed by atoms with Crippen LogP contribution in [-0.2, 0) is 0 Å². The lowest BCUT2D eigenvalue weighted by atomic mass is 9.82. The fourth-order valence-corrected chi connectivity index (χ4v) is 3.73. The van der Waals surface area contributed by atoms with Gasteiger partial charge >= 0.3 is 0 Å². The Morgan fingerprint density at radius 3 is 3.05 bits per heavy atom. The summed E-state index contributed by atoms with van der Waals surface area (Å²) in [4.78, 5) is 4.40. The van der Waals surface area contributed by atoms with Crippen LogP contribution in [-0.4, -0.2) is 11.5 Å². The first-order valence-electron chi connectivity index (χ1n) is 7.71. The van der Waals surface area contributed by atoms with Gasteiger partial charge in [-0.1, -0.05) is 35.7 Å². The maximum absolute atomic E-state index is 6.14. The molecule has 3 nitrogen and oxygen atoms in total. The van der Waals surface area contributed by atoms with Crippen molar-refractivity contribution in [1.29, 1.82) is 0 Å². The third kappa shape index (κ3) is 3.31. The zero-order chi connectivity index (χ0) is 14.8. The van der Waals surface area contributed by atoms with Crippen molar-refractivity contribution in [1.82, 2.24) is 4.98 Å². The number of aromatic nitrogens is 1. The van der Waals surface area contributed by atoms with E-state index in [1.54, 1.807) is 6.20 Å². The number of hydrogen-bond acceptors (Lipinski definition) is 3. The summed E-state index contributed by atoms with van der Waals surface area (Å²) in [6.07, 6.45) is 7.13. The van der Waals surface area contributed by atoms with Crippen molar-refractivity contribution in [3.63, 3.8) is 0 Å². The highest BCUT2D eigenvalue weighted by Crippen LogP contribution is 2.32. The first-order chi connectivity index (χ1) is 10.1. The molecule has 1 aliphatic rings. The number of nitrogens with zero attached hydrogens (tertiary/aromatic N) is 1. The minimum absolute atomic E-state index is 0.726. The van der Waals surface area contributed by atoms with E-state index >= 15 is 0 Å². The van der Waals surface area contributed by atoms with Gasteiger partial charge in [0, 0.05) is 16.4 Å². The quantitative estimate of drug-likeness (QED) is 0.836. The van der Waals surface area contributed by atoms with Gasteiger partial charge in [0.2, 0.25) is 0 Å². The topological polar surface area (TPSA) is 50.9 Å². The van der Waals surface area contributed by atoms with Gasteiger partial charge in [-0.25, -0.2) is 0 Å². The third-order valence-corrected chi connectivity index (χ3v) is 4.97. The predicted octanol–water partition coefficient (Wildman–Crippen LogP) is 4.82. The summed E-state index contributed by atoms with van der Waals surface area (Å²) < 4.78 is 1.05. The Hall–Kier alpha value is -1.29. The van der Waals surface area contributed by atoms with E-state index in [0.29, 0.717) is 0 Å². The Morgan fingerprint density at radius 2 is 2.24 bits per heavy atom. The maximum Gasteiger partial charge on any atom is 0.0743 e. The van der Waals surface area contributed by atoms with Crippen molar-refractivity contribution in [3.05, 3.63) is 28.9 Å². The average Bonchev–Trinajstić information content (AvgIpc) is 2.46. The van der Waals surface area contributed by atoms with E-state index in [0.717, 1.165) is 45.1 Å². The van der Waals surface area contributed by atoms with E-state index in [1.165, 1.54) is 25.7 Å². The van der Waals surface area contributed by atoms with Gasteiger partial charge in [0.1, 0.15) is 0 Å². The molecule has 1 aromatic carbocycles. The molecule has 4 heteroatoms. The van der Waals surface area contributed by atoms with Crippen LogP contribution in [0.25, 0.3) is 10.9 Å². The summed E-state index contributed by atoms with van der Waals surface area (Å²) in [7, 11) is 0. The molecule has 0 amide bonds. The minimum Gasteiger partial charge on any atom is -0.396 e. The average molecular weight is 348 g/mol. The van der Waals surface area contributed by atoms with Gasteiger partial charge in [0.05, 0.1) is 23.1 Å². The zero-order valence-corrected chi connectivity index (χ0v) is 14.0. The van der Waals surface area contributed by atoms with Crippen molar-refractivity contribution in [3.8, 4) is 0 Å². The van der Waals surface area contributed by atoms with Crippen LogP contribution in [0.15, 0.2) is 28.9 Å². The van der Waals surface area contributed by atoms with Crippen molar-refractivity contribution >= 4 is 38.2 Å². The lowest BCUT2D eigenvalue weighted by Gasteiger charge is -2.27. The van der Waals surface area contributed by atoms with Crippen LogP contribution in [0.2, 0.25) is 0 Å². The fourth-order valence-electron chi connectivity index (χ4n) is 3.37. The number of pyridine rings is 1. The highest BCUT2D eigenvalue weighted by molar-refractivity contribution is 9.10. The Balaban J connectivity index is 1.82. The van der Waals surface area contributed by atoms with Gasteiger partial charge < -0.3 is 11.1 Å². The number of halogens is 1. The summed E-state index contributed by atoms with van der Waals surface area (Å²) in [5.74, 6) is 1.61. The summed E-state index contributed by atoms with van der Waals surface area (Å²) in [5.41, 5.74) is 8.87. The maximum atomic E-state index is 6.14. The second-order valence-corrected chi connectivity index (χ2v) is 7.18. The van der Waals surface area contributed by atoms with Crippen molar-refractivity contribution in [2.24, 2.45) is 11.8 Å². The van der Waals surface area contributed by atoms with Crippen LogP contribution in [0.1, 0.15) is 32.6 Å². The molecule has 1 aliphatic carbocycles. The third-order valence-electron chi connectivity index (χ3n) is 4.47. The van der Waals surface area contributed by atoms with Gasteiger partial charge in [-0.2, -0.15) is 0 Å². The van der Waals surface area contributed by atoms with Crippen LogP contribution in [0, 0.1) is 11.8 Å². The molecular formula is C17H22BrN3. The number of nitrogen functional groups attached to an aromatic ring is 1. The summed E-state index contributed by atoms with van der Waals surface area (Å²) in [6, 6.07) is 6.12. The van der Waals surface area contributed by atoms with Crippen LogP contribution >= 0.6 is 15.9 Å². The number of nitrogens with two attached hydrogens (primary N) is 1. The molecule has 0 bridgehead atoms. The number of rotatable bonds is 3. The van der Waals surface area contributed by atoms with Gasteiger partial charge in [-0.3, -0.25) is 4.98 Å². The normalized spacial score (nSPS) is 22.4. The standard InChI is InChI=1S/C17H22BrN3/c1-11-3-2-4-12(7-11)9-21-17-14-8-13(18)5-6-16(14)20-10-15(17)19/h5-6,8,10-12H,2-4,7,9,19H2,1H3,(H,20,21). The highest BCUT2D eigenvalue weighted by Gasteiger charge is 2.19. The molecule has 21 heavy (non-hydrogen) atoms. The number of anilines is 2. The molecule has 1 heterocycles. The number of hydrogen-bond donors (Lipinski definition) is 2. The van der Waals surface area contributed by atoms with Gasteiger partial charge in [0.15, 0.2) is 0 Å². The van der Waals surface area contributed by atoms with Crippen LogP contribution in [0.5, 0.6) is 0 Å². The van der Waals surface area contributed by atoms with E-state index in [2.05, 4.69) is 39.2 Å². The summed E-state index contributed by atoms with van der Waals surface area (Å²) >= 11 is 3.53. The van der Waals surface area contributed by atoms with E-state index in [4.69, 9.17) is 5.73 Å². The van der Waals surface area contributed by atoms with Crippen LogP contribution in [0.4, 0.5) is 11.4 Å². The van der Waals surface area contributed by atoms with E-state index in [-0.39, 0.29) is 0 Å². The molecule has 1 aromatic heterocycles. The molecule has 0 radical (unpaired) electrons. The molecule has 3 rings (SSSR count). The first kappa shape index (κ1) is 14.6. The van der Waals surface area contributed by atoms with Crippen molar-refractivity contribution < 1.29 is 0 Å². The largest absolute Gasteiger partial charge is 0.396 e. The smallest absolute Gasteiger partial charge is 0.0743 e. The summed E-state index contributed by atoms with van der Waals surface area (Å²) in [5, 5.41) is 4.68. The minimum atomic E-state index is 0.726. The van der Waals surface area contributed by atoms with Crippen LogP contribution < -0.4 is 11.1 Å². The molecule has 1 saturated carbocycles. The van der Waals surface area contributed by atoms with E-state index < -0.39 is 0 Å². The van der Waals surface area contributed by atoms with Gasteiger partial charge in [-0.05, 0) is 42.9 Å². The molecule has 3 N–H and O–H groups in total. The Kier molecular flexibility index (Phi) is 4.34. The molecule has 2 aromatic rings. The number of nitrogens with one attached hydrogen (secondary N) is 1. The van der Waals surface area contributed by atoms with Gasteiger partial charge in [-0.15, -0.1) is 0 Å². The number of fused-ring (bicyclic) bond motifs is 1. The fraction of sp³-hybridized carbons (Fsp3) is 0.471. The van der Waals surface area contributed by atoms with Crippen LogP contribution in [0.3, 0.4) is 0 Å². The first-order valence-corrected chi connectivity index (χ1v) is 8.50. The van der Waals surface area contributed by atoms with Gasteiger partial charge in [0.25, 0.3) is 0 Å². The Labute approximate surface area is 134 Å². The molecular weight excluding hydrogens is 326 g/mol. The molecule has 0 saturated heterocycles. The second kappa shape index (κ2) is 6.22. The predicted molar refractivity (Wildman–Crippen MR) is 93.5 cm³/mol. The molecule has 2 unspecified atom stereocenters. The van der Waals surface area contributed by atoms with E-state index in [9.17, 15) is 0 Å². The zero-order valence-electron chi connectivity index (χ0n) is 12.4. The Bertz CT molecular complexity index is 636. The molecule has 0 aliphatic heterocycles. The molecule has 2 atom stereocenters. The molecule has 0 spiro atoms. The molecule has 1 fully saturated rings. The second-order valence-electron chi connectivity index (χ2n) is 6.27.